The molecule has 5 rings (SSSR count). The quantitative estimate of drug-likeness (QED) is 0.428. The van der Waals surface area contributed by atoms with E-state index in [4.69, 9.17) is 14.2 Å². The van der Waals surface area contributed by atoms with E-state index in [1.807, 2.05) is 0 Å². The summed E-state index contributed by atoms with van der Waals surface area (Å²) in [4.78, 5) is 37.9. The van der Waals surface area contributed by atoms with Crippen LogP contribution in [0, 0.1) is 29.5 Å². The number of fused-ring (bicyclic) bond motifs is 2. The summed E-state index contributed by atoms with van der Waals surface area (Å²) < 4.78 is 31.1. The van der Waals surface area contributed by atoms with E-state index in [2.05, 4.69) is 6.58 Å². The van der Waals surface area contributed by atoms with Gasteiger partial charge in [0, 0.05) is 23.0 Å². The predicted octanol–water partition coefficient (Wildman–Crippen LogP) is 2.83. The van der Waals surface area contributed by atoms with Gasteiger partial charge in [-0.25, -0.2) is 9.18 Å². The topological polar surface area (TPSA) is 78.9 Å². The lowest BCUT2D eigenvalue weighted by Crippen LogP contribution is -2.45. The summed E-state index contributed by atoms with van der Waals surface area (Å²) in [5.74, 6) is -3.64. The Labute approximate surface area is 173 Å². The lowest BCUT2D eigenvalue weighted by Gasteiger charge is -2.33. The molecule has 1 aromatic rings. The zero-order valence-electron chi connectivity index (χ0n) is 16.9. The lowest BCUT2D eigenvalue weighted by molar-refractivity contribution is -0.173. The Morgan fingerprint density at radius 2 is 2.07 bits per heavy atom. The number of rotatable bonds is 4. The van der Waals surface area contributed by atoms with Crippen LogP contribution in [0.5, 0.6) is 0 Å². The fraction of sp³-hybridized carbons (Fsp3) is 0.522. The molecule has 0 radical (unpaired) electrons. The van der Waals surface area contributed by atoms with Gasteiger partial charge in [0.05, 0.1) is 11.8 Å². The first-order valence-electron chi connectivity index (χ1n) is 10.3. The number of benzene rings is 1. The Kier molecular flexibility index (Phi) is 4.11. The molecule has 2 bridgehead atoms. The van der Waals surface area contributed by atoms with E-state index >= 15 is 0 Å². The molecule has 1 saturated heterocycles. The van der Waals surface area contributed by atoms with E-state index in [0.717, 1.165) is 0 Å². The van der Waals surface area contributed by atoms with Gasteiger partial charge in [-0.05, 0) is 44.7 Å². The van der Waals surface area contributed by atoms with Crippen molar-refractivity contribution in [2.24, 2.45) is 23.7 Å². The highest BCUT2D eigenvalue weighted by Crippen LogP contribution is 2.59. The van der Waals surface area contributed by atoms with E-state index in [0.29, 0.717) is 30.4 Å². The molecular formula is C23H23FO6. The molecule has 0 amide bonds. The molecule has 4 aliphatic rings. The van der Waals surface area contributed by atoms with Crippen LogP contribution in [-0.2, 0) is 40.6 Å². The molecule has 7 heteroatoms. The second-order valence-electron chi connectivity index (χ2n) is 9.08. The van der Waals surface area contributed by atoms with Gasteiger partial charge in [0.1, 0.15) is 23.6 Å². The normalized spacial score (nSPS) is 37.6. The van der Waals surface area contributed by atoms with Crippen molar-refractivity contribution >= 4 is 17.9 Å². The van der Waals surface area contributed by atoms with Gasteiger partial charge in [-0.1, -0.05) is 18.7 Å². The van der Waals surface area contributed by atoms with Crippen LogP contribution in [-0.4, -0.2) is 30.1 Å². The van der Waals surface area contributed by atoms with E-state index in [-0.39, 0.29) is 23.2 Å². The Hall–Kier alpha value is -2.70. The Morgan fingerprint density at radius 1 is 1.30 bits per heavy atom. The van der Waals surface area contributed by atoms with Crippen LogP contribution in [0.25, 0.3) is 0 Å². The number of hydrogen-bond acceptors (Lipinski definition) is 6. The average molecular weight is 414 g/mol. The van der Waals surface area contributed by atoms with E-state index in [1.54, 1.807) is 26.0 Å². The van der Waals surface area contributed by atoms with Crippen LogP contribution in [0.15, 0.2) is 30.4 Å². The van der Waals surface area contributed by atoms with Gasteiger partial charge < -0.3 is 14.2 Å². The Morgan fingerprint density at radius 3 is 2.80 bits per heavy atom. The average Bonchev–Trinajstić information content (AvgIpc) is 3.38. The smallest absolute Gasteiger partial charge is 0.333 e. The highest BCUT2D eigenvalue weighted by atomic mass is 19.1. The minimum Gasteiger partial charge on any atom is -0.458 e. The SMILES string of the molecule is C=C(C)C(=O)OC1C2CC3C1OC(=O)C3C2C(=O)OC1(C)CCc2c(F)cccc21. The number of ether oxygens (including phenoxy) is 3. The minimum absolute atomic E-state index is 0.163. The number of halogens is 1. The molecular weight excluding hydrogens is 391 g/mol. The van der Waals surface area contributed by atoms with Gasteiger partial charge in [0.2, 0.25) is 0 Å². The van der Waals surface area contributed by atoms with Gasteiger partial charge in [-0.2, -0.15) is 0 Å². The summed E-state index contributed by atoms with van der Waals surface area (Å²) in [6.45, 7) is 6.91. The predicted molar refractivity (Wildman–Crippen MR) is 101 cm³/mol. The van der Waals surface area contributed by atoms with E-state index in [9.17, 15) is 18.8 Å². The van der Waals surface area contributed by atoms with Crippen LogP contribution in [0.2, 0.25) is 0 Å². The monoisotopic (exact) mass is 414 g/mol. The summed E-state index contributed by atoms with van der Waals surface area (Å²) in [7, 11) is 0. The van der Waals surface area contributed by atoms with E-state index < -0.39 is 47.6 Å². The number of esters is 3. The van der Waals surface area contributed by atoms with Gasteiger partial charge in [-0.3, -0.25) is 9.59 Å². The molecule has 0 N–H and O–H groups in total. The molecule has 30 heavy (non-hydrogen) atoms. The van der Waals surface area contributed by atoms with Crippen LogP contribution >= 0.6 is 0 Å². The summed E-state index contributed by atoms with van der Waals surface area (Å²) >= 11 is 0. The van der Waals surface area contributed by atoms with Crippen molar-refractivity contribution in [2.45, 2.75) is 50.9 Å². The van der Waals surface area contributed by atoms with Crippen LogP contribution in [0.4, 0.5) is 4.39 Å². The first-order valence-corrected chi connectivity index (χ1v) is 10.3. The fourth-order valence-corrected chi connectivity index (χ4v) is 5.90. The zero-order chi connectivity index (χ0) is 21.4. The molecule has 0 spiro atoms. The molecule has 7 atom stereocenters. The lowest BCUT2D eigenvalue weighted by atomic mass is 9.78. The van der Waals surface area contributed by atoms with Crippen molar-refractivity contribution in [3.05, 3.63) is 47.3 Å². The molecule has 2 saturated carbocycles. The van der Waals surface area contributed by atoms with Crippen molar-refractivity contribution in [1.29, 1.82) is 0 Å². The third-order valence-corrected chi connectivity index (χ3v) is 7.28. The molecule has 3 fully saturated rings. The second kappa shape index (κ2) is 6.40. The highest BCUT2D eigenvalue weighted by molar-refractivity contribution is 5.88. The molecule has 1 aliphatic heterocycles. The van der Waals surface area contributed by atoms with Crippen molar-refractivity contribution in [3.63, 3.8) is 0 Å². The summed E-state index contributed by atoms with van der Waals surface area (Å²) in [6.07, 6.45) is 0.324. The van der Waals surface area contributed by atoms with Crippen LogP contribution in [0.3, 0.4) is 0 Å². The largest absolute Gasteiger partial charge is 0.458 e. The maximum absolute atomic E-state index is 14.1. The van der Waals surface area contributed by atoms with Gasteiger partial charge in [-0.15, -0.1) is 0 Å². The maximum Gasteiger partial charge on any atom is 0.333 e. The fourth-order valence-electron chi connectivity index (χ4n) is 5.90. The maximum atomic E-state index is 14.1. The van der Waals surface area contributed by atoms with Crippen LogP contribution in [0.1, 0.15) is 37.8 Å². The summed E-state index contributed by atoms with van der Waals surface area (Å²) in [6, 6.07) is 4.78. The molecule has 3 aliphatic carbocycles. The molecule has 158 valence electrons. The summed E-state index contributed by atoms with van der Waals surface area (Å²) in [5.41, 5.74) is 0.516. The van der Waals surface area contributed by atoms with E-state index in [1.165, 1.54) is 6.07 Å². The Bertz CT molecular complexity index is 986. The second-order valence-corrected chi connectivity index (χ2v) is 9.08. The molecule has 1 aromatic carbocycles. The molecule has 1 heterocycles. The van der Waals surface area contributed by atoms with Gasteiger partial charge in [0.15, 0.2) is 0 Å². The first kappa shape index (κ1) is 19.3. The Balaban J connectivity index is 1.41. The molecule has 0 aromatic heterocycles. The molecule has 6 nitrogen and oxygen atoms in total. The van der Waals surface area contributed by atoms with Crippen molar-refractivity contribution in [3.8, 4) is 0 Å². The first-order chi connectivity index (χ1) is 14.2. The number of carbonyl (C=O) groups excluding carboxylic acids is 3. The standard InChI is InChI=1S/C23H23FO6/c1-10(2)20(25)28-18-13-9-12-16(21(26)29-19(12)18)17(13)22(27)30-23(3)8-7-11-14(23)5-4-6-15(11)24/h4-6,12-13,16-19H,1,7-9H2,2-3H3. The van der Waals surface area contributed by atoms with Crippen molar-refractivity contribution < 1.29 is 33.0 Å². The number of carbonyl (C=O) groups is 3. The number of hydrogen-bond donors (Lipinski definition) is 0. The highest BCUT2D eigenvalue weighted by Gasteiger charge is 2.70. The minimum atomic E-state index is -0.956. The zero-order valence-corrected chi connectivity index (χ0v) is 16.9. The summed E-state index contributed by atoms with van der Waals surface area (Å²) in [5, 5.41) is 0. The molecule has 7 unspecified atom stereocenters. The van der Waals surface area contributed by atoms with Crippen molar-refractivity contribution in [2.75, 3.05) is 0 Å². The van der Waals surface area contributed by atoms with Crippen molar-refractivity contribution in [1.82, 2.24) is 0 Å². The van der Waals surface area contributed by atoms with Gasteiger partial charge in [0.25, 0.3) is 0 Å². The third kappa shape index (κ3) is 2.57. The third-order valence-electron chi connectivity index (χ3n) is 7.28. The van der Waals surface area contributed by atoms with Crippen LogP contribution < -0.4 is 0 Å². The van der Waals surface area contributed by atoms with Gasteiger partial charge >= 0.3 is 17.9 Å².